The number of aromatic nitrogens is 3. The fourth-order valence-corrected chi connectivity index (χ4v) is 3.90. The highest BCUT2D eigenvalue weighted by Gasteiger charge is 2.40. The van der Waals surface area contributed by atoms with Crippen molar-refractivity contribution in [2.24, 2.45) is 5.92 Å². The number of rotatable bonds is 5. The van der Waals surface area contributed by atoms with E-state index in [9.17, 15) is 27.6 Å². The van der Waals surface area contributed by atoms with Crippen LogP contribution >= 0.6 is 0 Å². The lowest BCUT2D eigenvalue weighted by Gasteiger charge is -2.31. The number of amides is 3. The van der Waals surface area contributed by atoms with Gasteiger partial charge in [0.1, 0.15) is 5.60 Å². The molecule has 0 aromatic carbocycles. The number of fused-ring (bicyclic) bond motifs is 1. The van der Waals surface area contributed by atoms with Crippen LogP contribution in [0.5, 0.6) is 0 Å². The Kier molecular flexibility index (Phi) is 6.89. The van der Waals surface area contributed by atoms with Gasteiger partial charge < -0.3 is 24.4 Å². The molecule has 10 nitrogen and oxygen atoms in total. The fourth-order valence-electron chi connectivity index (χ4n) is 3.90. The summed E-state index contributed by atoms with van der Waals surface area (Å²) in [4.78, 5) is 40.6. The molecule has 3 rings (SSSR count). The van der Waals surface area contributed by atoms with E-state index in [4.69, 9.17) is 4.74 Å². The molecule has 2 unspecified atom stereocenters. The van der Waals surface area contributed by atoms with Crippen molar-refractivity contribution in [3.05, 3.63) is 11.6 Å². The number of hydrogen-bond donors (Lipinski definition) is 1. The quantitative estimate of drug-likeness (QED) is 0.697. The first-order chi connectivity index (χ1) is 15.2. The van der Waals surface area contributed by atoms with E-state index in [1.165, 1.54) is 4.90 Å². The zero-order valence-electron chi connectivity index (χ0n) is 19.1. The SMILES string of the molecule is CC1CCN(CC(CC(=O)N2CCn3c(nnc3C(F)(F)F)C2)NC(=O)OC(C)(C)C)C1=O. The summed E-state index contributed by atoms with van der Waals surface area (Å²) < 4.78 is 45.4. The Morgan fingerprint density at radius 3 is 2.45 bits per heavy atom. The van der Waals surface area contributed by atoms with Crippen LogP contribution in [-0.2, 0) is 33.6 Å². The van der Waals surface area contributed by atoms with Gasteiger partial charge in [0.05, 0.1) is 12.6 Å². The first-order valence-corrected chi connectivity index (χ1v) is 10.8. The predicted molar refractivity (Wildman–Crippen MR) is 109 cm³/mol. The molecule has 2 aliphatic rings. The van der Waals surface area contributed by atoms with Crippen molar-refractivity contribution in [2.75, 3.05) is 19.6 Å². The molecular weight excluding hydrogens is 445 g/mol. The summed E-state index contributed by atoms with van der Waals surface area (Å²) in [7, 11) is 0. The number of alkyl carbamates (subject to hydrolysis) is 1. The van der Waals surface area contributed by atoms with Gasteiger partial charge in [0.2, 0.25) is 17.6 Å². The summed E-state index contributed by atoms with van der Waals surface area (Å²) >= 11 is 0. The lowest BCUT2D eigenvalue weighted by molar-refractivity contribution is -0.148. The second-order valence-electron chi connectivity index (χ2n) is 9.43. The minimum atomic E-state index is -4.63. The van der Waals surface area contributed by atoms with E-state index in [0.29, 0.717) is 13.0 Å². The van der Waals surface area contributed by atoms with E-state index in [1.807, 2.05) is 6.92 Å². The summed E-state index contributed by atoms with van der Waals surface area (Å²) in [6, 6.07) is -0.716. The zero-order valence-corrected chi connectivity index (χ0v) is 19.1. The normalized spacial score (nSPS) is 20.0. The molecule has 2 aliphatic heterocycles. The summed E-state index contributed by atoms with van der Waals surface area (Å²) in [5, 5.41) is 9.46. The molecule has 1 aromatic rings. The van der Waals surface area contributed by atoms with Crippen molar-refractivity contribution in [1.29, 1.82) is 0 Å². The second kappa shape index (κ2) is 9.18. The number of alkyl halides is 3. The summed E-state index contributed by atoms with van der Waals surface area (Å²) in [6.45, 7) is 7.43. The number of hydrogen-bond acceptors (Lipinski definition) is 6. The van der Waals surface area contributed by atoms with Crippen LogP contribution in [0.15, 0.2) is 0 Å². The Morgan fingerprint density at radius 2 is 1.88 bits per heavy atom. The Bertz CT molecular complexity index is 911. The average Bonchev–Trinajstić information content (AvgIpc) is 3.24. The molecule has 184 valence electrons. The van der Waals surface area contributed by atoms with E-state index < -0.39 is 29.7 Å². The standard InChI is InChI=1S/C20H29F3N6O4/c1-12-5-6-28(16(12)31)10-13(24-18(32)33-19(2,3)4)9-15(30)27-7-8-29-14(11-27)25-26-17(29)20(21,22)23/h12-13H,5-11H2,1-4H3,(H,24,32). The van der Waals surface area contributed by atoms with Crippen LogP contribution in [0, 0.1) is 5.92 Å². The van der Waals surface area contributed by atoms with Gasteiger partial charge in [-0.1, -0.05) is 6.92 Å². The molecule has 13 heteroatoms. The van der Waals surface area contributed by atoms with E-state index in [0.717, 1.165) is 4.57 Å². The molecule has 0 bridgehead atoms. The Labute approximate surface area is 189 Å². The molecule has 3 heterocycles. The Morgan fingerprint density at radius 1 is 1.18 bits per heavy atom. The third-order valence-electron chi connectivity index (χ3n) is 5.51. The van der Waals surface area contributed by atoms with Crippen molar-refractivity contribution in [3.8, 4) is 0 Å². The molecule has 1 fully saturated rings. The molecule has 0 radical (unpaired) electrons. The maximum Gasteiger partial charge on any atom is 0.451 e. The van der Waals surface area contributed by atoms with Gasteiger partial charge in [-0.25, -0.2) is 4.79 Å². The number of nitrogens with one attached hydrogen (secondary N) is 1. The number of halogens is 3. The third kappa shape index (κ3) is 6.14. The first kappa shape index (κ1) is 24.8. The van der Waals surface area contributed by atoms with Gasteiger partial charge >= 0.3 is 12.3 Å². The monoisotopic (exact) mass is 474 g/mol. The number of ether oxygens (including phenoxy) is 1. The molecule has 1 aromatic heterocycles. The molecule has 2 atom stereocenters. The van der Waals surface area contributed by atoms with Crippen LogP contribution in [0.3, 0.4) is 0 Å². The molecule has 33 heavy (non-hydrogen) atoms. The lowest BCUT2D eigenvalue weighted by Crippen LogP contribution is -2.49. The van der Waals surface area contributed by atoms with Crippen LogP contribution in [-0.4, -0.2) is 73.7 Å². The fraction of sp³-hybridized carbons (Fsp3) is 0.750. The molecule has 0 spiro atoms. The van der Waals surface area contributed by atoms with Crippen LogP contribution in [0.4, 0.5) is 18.0 Å². The second-order valence-corrected chi connectivity index (χ2v) is 9.43. The van der Waals surface area contributed by atoms with Gasteiger partial charge in [0.15, 0.2) is 5.82 Å². The third-order valence-corrected chi connectivity index (χ3v) is 5.51. The molecule has 0 saturated carbocycles. The number of carbonyl (C=O) groups is 3. The Balaban J connectivity index is 1.68. The summed E-state index contributed by atoms with van der Waals surface area (Å²) in [5.74, 6) is -1.60. The Hall–Kier alpha value is -2.86. The van der Waals surface area contributed by atoms with E-state index in [2.05, 4.69) is 15.5 Å². The maximum atomic E-state index is 13.0. The highest BCUT2D eigenvalue weighted by Crippen LogP contribution is 2.29. The minimum absolute atomic E-state index is 0.0436. The molecular formula is C20H29F3N6O4. The van der Waals surface area contributed by atoms with Gasteiger partial charge in [-0.2, -0.15) is 13.2 Å². The smallest absolute Gasteiger partial charge is 0.444 e. The van der Waals surface area contributed by atoms with Gasteiger partial charge in [0, 0.05) is 38.5 Å². The van der Waals surface area contributed by atoms with Crippen LogP contribution in [0.25, 0.3) is 0 Å². The largest absolute Gasteiger partial charge is 0.451 e. The lowest BCUT2D eigenvalue weighted by atomic mass is 10.1. The van der Waals surface area contributed by atoms with E-state index in [-0.39, 0.29) is 56.2 Å². The number of likely N-dealkylation sites (tertiary alicyclic amines) is 1. The van der Waals surface area contributed by atoms with Gasteiger partial charge in [0.25, 0.3) is 0 Å². The van der Waals surface area contributed by atoms with Crippen molar-refractivity contribution >= 4 is 17.9 Å². The van der Waals surface area contributed by atoms with Gasteiger partial charge in [-0.15, -0.1) is 10.2 Å². The van der Waals surface area contributed by atoms with Crippen molar-refractivity contribution in [3.63, 3.8) is 0 Å². The average molecular weight is 474 g/mol. The number of nitrogens with zero attached hydrogens (tertiary/aromatic N) is 5. The van der Waals surface area contributed by atoms with Crippen molar-refractivity contribution in [2.45, 2.75) is 71.4 Å². The molecule has 0 aliphatic carbocycles. The van der Waals surface area contributed by atoms with Crippen molar-refractivity contribution in [1.82, 2.24) is 29.9 Å². The topological polar surface area (TPSA) is 110 Å². The van der Waals surface area contributed by atoms with Crippen LogP contribution < -0.4 is 5.32 Å². The summed E-state index contributed by atoms with van der Waals surface area (Å²) in [6.07, 6.45) is -4.79. The molecule has 1 saturated heterocycles. The highest BCUT2D eigenvalue weighted by atomic mass is 19.4. The maximum absolute atomic E-state index is 13.0. The van der Waals surface area contributed by atoms with Crippen molar-refractivity contribution < 1.29 is 32.3 Å². The minimum Gasteiger partial charge on any atom is -0.444 e. The first-order valence-electron chi connectivity index (χ1n) is 10.8. The van der Waals surface area contributed by atoms with E-state index in [1.54, 1.807) is 25.7 Å². The highest BCUT2D eigenvalue weighted by molar-refractivity contribution is 5.81. The van der Waals surface area contributed by atoms with Gasteiger partial charge in [-0.3, -0.25) is 9.59 Å². The molecule has 1 N–H and O–H groups in total. The van der Waals surface area contributed by atoms with Crippen LogP contribution in [0.1, 0.15) is 52.2 Å². The predicted octanol–water partition coefficient (Wildman–Crippen LogP) is 1.79. The van der Waals surface area contributed by atoms with E-state index >= 15 is 0 Å². The van der Waals surface area contributed by atoms with Crippen LogP contribution in [0.2, 0.25) is 0 Å². The molecule has 3 amide bonds. The number of carbonyl (C=O) groups excluding carboxylic acids is 3. The van der Waals surface area contributed by atoms with Gasteiger partial charge in [-0.05, 0) is 27.2 Å². The summed E-state index contributed by atoms with van der Waals surface area (Å²) in [5.41, 5.74) is -0.746. The zero-order chi connectivity index (χ0) is 24.6.